The van der Waals surface area contributed by atoms with Crippen molar-refractivity contribution in [3.05, 3.63) is 34.5 Å². The molecule has 0 aliphatic rings. The predicted octanol–water partition coefficient (Wildman–Crippen LogP) is 1.15. The molecule has 0 radical (unpaired) electrons. The first-order chi connectivity index (χ1) is 6.77. The Kier molecular flexibility index (Phi) is 2.60. The van der Waals surface area contributed by atoms with Crippen molar-refractivity contribution < 1.29 is 5.11 Å². The normalized spacial score (nSPS) is 13.0. The molecule has 0 aliphatic carbocycles. The fourth-order valence-electron chi connectivity index (χ4n) is 1.33. The Hall–Kier alpha value is -1.20. The quantitative estimate of drug-likeness (QED) is 0.825. The molecule has 14 heavy (non-hydrogen) atoms. The van der Waals surface area contributed by atoms with Gasteiger partial charge in [0.1, 0.15) is 6.10 Å². The molecule has 0 saturated heterocycles. The third kappa shape index (κ3) is 1.83. The van der Waals surface area contributed by atoms with Gasteiger partial charge in [0, 0.05) is 31.2 Å². The maximum atomic E-state index is 9.87. The number of hydrogen-bond donors (Lipinski definition) is 1. The summed E-state index contributed by atoms with van der Waals surface area (Å²) in [6.45, 7) is 0. The summed E-state index contributed by atoms with van der Waals surface area (Å²) in [4.78, 5) is 4.12. The molecule has 0 aromatic carbocycles. The van der Waals surface area contributed by atoms with Gasteiger partial charge in [0.25, 0.3) is 0 Å². The van der Waals surface area contributed by atoms with Gasteiger partial charge in [-0.05, 0) is 6.07 Å². The Balaban J connectivity index is 2.10. The van der Waals surface area contributed by atoms with E-state index in [2.05, 4.69) is 10.1 Å². The van der Waals surface area contributed by atoms with Gasteiger partial charge in [0.05, 0.1) is 10.7 Å². The predicted molar refractivity (Wildman–Crippen MR) is 54.0 cm³/mol. The zero-order valence-corrected chi connectivity index (χ0v) is 8.61. The Morgan fingerprint density at radius 1 is 1.57 bits per heavy atom. The first-order valence-corrected chi connectivity index (χ1v) is 5.19. The lowest BCUT2D eigenvalue weighted by atomic mass is 10.2. The monoisotopic (exact) mass is 209 g/mol. The van der Waals surface area contributed by atoms with E-state index in [-0.39, 0.29) is 0 Å². The van der Waals surface area contributed by atoms with Gasteiger partial charge in [-0.2, -0.15) is 5.10 Å². The first kappa shape index (κ1) is 9.36. The van der Waals surface area contributed by atoms with Crippen molar-refractivity contribution in [3.8, 4) is 0 Å². The van der Waals surface area contributed by atoms with E-state index in [0.717, 1.165) is 10.7 Å². The van der Waals surface area contributed by atoms with Gasteiger partial charge in [-0.25, -0.2) is 4.98 Å². The molecule has 2 aromatic heterocycles. The van der Waals surface area contributed by atoms with Crippen LogP contribution in [0.3, 0.4) is 0 Å². The second-order valence-corrected chi connectivity index (χ2v) is 4.00. The zero-order chi connectivity index (χ0) is 9.97. The van der Waals surface area contributed by atoms with Crippen LogP contribution in [0, 0.1) is 0 Å². The van der Waals surface area contributed by atoms with Gasteiger partial charge in [0.15, 0.2) is 0 Å². The lowest BCUT2D eigenvalue weighted by Gasteiger charge is -2.08. The van der Waals surface area contributed by atoms with Crippen LogP contribution in [0.1, 0.15) is 16.8 Å². The van der Waals surface area contributed by atoms with Crippen LogP contribution in [0.4, 0.5) is 0 Å². The van der Waals surface area contributed by atoms with Crippen molar-refractivity contribution in [3.63, 3.8) is 0 Å². The number of hydrogen-bond acceptors (Lipinski definition) is 4. The maximum absolute atomic E-state index is 9.87. The number of aromatic nitrogens is 3. The van der Waals surface area contributed by atoms with Crippen molar-refractivity contribution in [1.82, 2.24) is 14.8 Å². The number of aliphatic hydroxyl groups is 1. The minimum Gasteiger partial charge on any atom is -0.386 e. The van der Waals surface area contributed by atoms with Crippen LogP contribution in [0.5, 0.6) is 0 Å². The summed E-state index contributed by atoms with van der Waals surface area (Å²) in [5.41, 5.74) is 0.820. The molecule has 5 heteroatoms. The van der Waals surface area contributed by atoms with E-state index in [1.807, 2.05) is 18.5 Å². The van der Waals surface area contributed by atoms with Crippen LogP contribution in [0.15, 0.2) is 23.8 Å². The second-order valence-electron chi connectivity index (χ2n) is 3.03. The summed E-state index contributed by atoms with van der Waals surface area (Å²) in [6.07, 6.45) is 3.46. The minimum absolute atomic E-state index is 0.520. The van der Waals surface area contributed by atoms with Gasteiger partial charge < -0.3 is 5.11 Å². The summed E-state index contributed by atoms with van der Waals surface area (Å²) in [6, 6.07) is 1.82. The third-order valence-electron chi connectivity index (χ3n) is 2.05. The molecule has 0 bridgehead atoms. The lowest BCUT2D eigenvalue weighted by Crippen LogP contribution is -2.07. The van der Waals surface area contributed by atoms with Crippen LogP contribution in [0.25, 0.3) is 0 Å². The average molecular weight is 209 g/mol. The molecule has 74 valence electrons. The number of nitrogens with zero attached hydrogens (tertiary/aromatic N) is 3. The molecule has 2 heterocycles. The van der Waals surface area contributed by atoms with E-state index in [9.17, 15) is 5.11 Å². The van der Waals surface area contributed by atoms with Gasteiger partial charge in [-0.15, -0.1) is 11.3 Å². The van der Waals surface area contributed by atoms with Crippen LogP contribution in [0.2, 0.25) is 0 Å². The highest BCUT2D eigenvalue weighted by atomic mass is 32.1. The van der Waals surface area contributed by atoms with Crippen LogP contribution < -0.4 is 0 Å². The second kappa shape index (κ2) is 3.89. The van der Waals surface area contributed by atoms with E-state index in [0.29, 0.717) is 6.42 Å². The molecule has 4 nitrogen and oxygen atoms in total. The Morgan fingerprint density at radius 2 is 2.43 bits per heavy atom. The maximum Gasteiger partial charge on any atom is 0.102 e. The van der Waals surface area contributed by atoms with Crippen molar-refractivity contribution >= 4 is 11.3 Å². The van der Waals surface area contributed by atoms with Crippen molar-refractivity contribution in [1.29, 1.82) is 0 Å². The fourth-order valence-corrected chi connectivity index (χ4v) is 1.99. The first-order valence-electron chi connectivity index (χ1n) is 4.31. The molecule has 2 aromatic rings. The summed E-state index contributed by atoms with van der Waals surface area (Å²) in [5, 5.41) is 16.7. The van der Waals surface area contributed by atoms with Gasteiger partial charge >= 0.3 is 0 Å². The SMILES string of the molecule is Cn1nccc1C(O)Cc1nccs1. The molecular formula is C9H11N3OS. The van der Waals surface area contributed by atoms with Crippen LogP contribution in [-0.4, -0.2) is 19.9 Å². The molecule has 0 fully saturated rings. The smallest absolute Gasteiger partial charge is 0.102 e. The molecule has 1 unspecified atom stereocenters. The van der Waals surface area contributed by atoms with Crippen molar-refractivity contribution in [2.45, 2.75) is 12.5 Å². The zero-order valence-electron chi connectivity index (χ0n) is 7.79. The van der Waals surface area contributed by atoms with Crippen molar-refractivity contribution in [2.24, 2.45) is 7.05 Å². The highest BCUT2D eigenvalue weighted by Gasteiger charge is 2.13. The molecule has 1 atom stereocenters. The topological polar surface area (TPSA) is 50.9 Å². The largest absolute Gasteiger partial charge is 0.386 e. The average Bonchev–Trinajstić information content (AvgIpc) is 2.75. The van der Waals surface area contributed by atoms with Gasteiger partial charge in [0.2, 0.25) is 0 Å². The van der Waals surface area contributed by atoms with Gasteiger partial charge in [-0.1, -0.05) is 0 Å². The lowest BCUT2D eigenvalue weighted by molar-refractivity contribution is 0.168. The van der Waals surface area contributed by atoms with E-state index >= 15 is 0 Å². The van der Waals surface area contributed by atoms with E-state index < -0.39 is 6.10 Å². The highest BCUT2D eigenvalue weighted by Crippen LogP contribution is 2.18. The summed E-state index contributed by atoms with van der Waals surface area (Å²) in [7, 11) is 1.82. The summed E-state index contributed by atoms with van der Waals surface area (Å²) in [5.74, 6) is 0. The van der Waals surface area contributed by atoms with E-state index in [1.54, 1.807) is 28.4 Å². The molecule has 0 aliphatic heterocycles. The molecule has 2 rings (SSSR count). The Labute approximate surface area is 85.8 Å². The fraction of sp³-hybridized carbons (Fsp3) is 0.333. The third-order valence-corrected chi connectivity index (χ3v) is 2.85. The Morgan fingerprint density at radius 3 is 3.00 bits per heavy atom. The molecule has 0 amide bonds. The number of aryl methyl sites for hydroxylation is 1. The molecular weight excluding hydrogens is 198 g/mol. The molecule has 0 spiro atoms. The summed E-state index contributed by atoms with van der Waals surface area (Å²) >= 11 is 1.55. The standard InChI is InChI=1S/C9H11N3OS/c1-12-7(2-3-11-12)8(13)6-9-10-4-5-14-9/h2-5,8,13H,6H2,1H3. The number of aliphatic hydroxyl groups excluding tert-OH is 1. The highest BCUT2D eigenvalue weighted by molar-refractivity contribution is 7.09. The van der Waals surface area contributed by atoms with Gasteiger partial charge in [-0.3, -0.25) is 4.68 Å². The van der Waals surface area contributed by atoms with Crippen LogP contribution >= 0.6 is 11.3 Å². The van der Waals surface area contributed by atoms with E-state index in [1.165, 1.54) is 0 Å². The Bertz CT molecular complexity index is 396. The van der Waals surface area contributed by atoms with E-state index in [4.69, 9.17) is 0 Å². The molecule has 1 N–H and O–H groups in total. The number of rotatable bonds is 3. The molecule has 0 saturated carbocycles. The minimum atomic E-state index is -0.520. The van der Waals surface area contributed by atoms with Crippen LogP contribution in [-0.2, 0) is 13.5 Å². The number of thiazole rings is 1. The van der Waals surface area contributed by atoms with Crippen molar-refractivity contribution in [2.75, 3.05) is 0 Å². The summed E-state index contributed by atoms with van der Waals surface area (Å²) < 4.78 is 1.68.